The van der Waals surface area contributed by atoms with E-state index < -0.39 is 28.5 Å². The van der Waals surface area contributed by atoms with Gasteiger partial charge >= 0.3 is 0 Å². The summed E-state index contributed by atoms with van der Waals surface area (Å²) in [4.78, 5) is 28.0. The molecule has 0 saturated heterocycles. The Labute approximate surface area is 243 Å². The number of carbonyl (C=O) groups excluding carboxylic acids is 2. The van der Waals surface area contributed by atoms with E-state index in [0.717, 1.165) is 15.4 Å². The number of methoxy groups -OCH3 is 1. The molecule has 1 unspecified atom stereocenters. The molecule has 208 valence electrons. The van der Waals surface area contributed by atoms with E-state index in [1.165, 1.54) is 30.2 Å². The van der Waals surface area contributed by atoms with E-state index in [9.17, 15) is 18.0 Å². The molecule has 0 heterocycles. The number of halogens is 2. The standard InChI is InChI=1S/C28H31BrClN3O5S/c1-5-31-28(35)20(3)32(17-21-8-10-22(30)11-9-21)27(34)18-33(23-12-6-19(2)7-13-23)39(36,37)24-14-15-26(38-4)25(29)16-24/h6-16,20H,5,17-18H2,1-4H3,(H,31,35). The molecule has 0 spiro atoms. The molecule has 0 aromatic heterocycles. The zero-order chi connectivity index (χ0) is 28.7. The highest BCUT2D eigenvalue weighted by molar-refractivity contribution is 9.10. The maximum Gasteiger partial charge on any atom is 0.264 e. The number of nitrogens with one attached hydrogen (secondary N) is 1. The van der Waals surface area contributed by atoms with Gasteiger partial charge in [-0.05, 0) is 84.7 Å². The third-order valence-corrected chi connectivity index (χ3v) is 8.74. The number of sulfonamides is 1. The quantitative estimate of drug-likeness (QED) is 0.314. The predicted molar refractivity (Wildman–Crippen MR) is 157 cm³/mol. The average Bonchev–Trinajstić information content (AvgIpc) is 2.91. The Bertz CT molecular complexity index is 1420. The molecule has 0 radical (unpaired) electrons. The Balaban J connectivity index is 2.04. The minimum atomic E-state index is -4.20. The summed E-state index contributed by atoms with van der Waals surface area (Å²) < 4.78 is 34.6. The van der Waals surface area contributed by atoms with Gasteiger partial charge in [-0.25, -0.2) is 8.42 Å². The summed E-state index contributed by atoms with van der Waals surface area (Å²) >= 11 is 9.37. The summed E-state index contributed by atoms with van der Waals surface area (Å²) in [5.41, 5.74) is 1.99. The molecule has 0 aliphatic heterocycles. The predicted octanol–water partition coefficient (Wildman–Crippen LogP) is 5.17. The zero-order valence-corrected chi connectivity index (χ0v) is 25.3. The van der Waals surface area contributed by atoms with Gasteiger partial charge in [0.1, 0.15) is 18.3 Å². The Morgan fingerprint density at radius 1 is 1.05 bits per heavy atom. The molecule has 1 N–H and O–H groups in total. The number of likely N-dealkylation sites (N-methyl/N-ethyl adjacent to an activating group) is 1. The maximum absolute atomic E-state index is 13.9. The third-order valence-electron chi connectivity index (χ3n) is 6.10. The van der Waals surface area contributed by atoms with E-state index in [1.54, 1.807) is 62.4 Å². The smallest absolute Gasteiger partial charge is 0.264 e. The molecule has 0 aliphatic rings. The number of rotatable bonds is 11. The maximum atomic E-state index is 13.9. The third kappa shape index (κ3) is 7.52. The van der Waals surface area contributed by atoms with E-state index >= 15 is 0 Å². The van der Waals surface area contributed by atoms with Gasteiger partial charge in [0.15, 0.2) is 0 Å². The van der Waals surface area contributed by atoms with Gasteiger partial charge in [0, 0.05) is 18.1 Å². The van der Waals surface area contributed by atoms with Crippen LogP contribution in [0.5, 0.6) is 5.75 Å². The monoisotopic (exact) mass is 635 g/mol. The summed E-state index contributed by atoms with van der Waals surface area (Å²) in [5, 5.41) is 3.27. The van der Waals surface area contributed by atoms with Gasteiger partial charge in [-0.1, -0.05) is 41.4 Å². The van der Waals surface area contributed by atoms with Gasteiger partial charge in [0.05, 0.1) is 22.2 Å². The van der Waals surface area contributed by atoms with Crippen LogP contribution in [0, 0.1) is 6.92 Å². The fraction of sp³-hybridized carbons (Fsp3) is 0.286. The SMILES string of the molecule is CCNC(=O)C(C)N(Cc1ccc(Cl)cc1)C(=O)CN(c1ccc(C)cc1)S(=O)(=O)c1ccc(OC)c(Br)c1. The molecule has 2 amide bonds. The van der Waals surface area contributed by atoms with Crippen LogP contribution in [0.15, 0.2) is 76.1 Å². The normalized spacial score (nSPS) is 11.9. The molecule has 3 aromatic rings. The number of benzene rings is 3. The molecular formula is C28H31BrClN3O5S. The topological polar surface area (TPSA) is 96.0 Å². The summed E-state index contributed by atoms with van der Waals surface area (Å²) in [6.45, 7) is 5.24. The average molecular weight is 637 g/mol. The number of amides is 2. The molecule has 3 aromatic carbocycles. The fourth-order valence-corrected chi connectivity index (χ4v) is 6.12. The number of hydrogen-bond acceptors (Lipinski definition) is 5. The van der Waals surface area contributed by atoms with Crippen LogP contribution in [0.2, 0.25) is 5.02 Å². The number of aryl methyl sites for hydroxylation is 1. The van der Waals surface area contributed by atoms with Gasteiger partial charge < -0.3 is 15.0 Å². The Morgan fingerprint density at radius 2 is 1.69 bits per heavy atom. The number of nitrogens with zero attached hydrogens (tertiary/aromatic N) is 2. The van der Waals surface area contributed by atoms with Gasteiger partial charge in [0.2, 0.25) is 11.8 Å². The first-order valence-corrected chi connectivity index (χ1v) is 14.8. The van der Waals surface area contributed by atoms with Crippen LogP contribution >= 0.6 is 27.5 Å². The van der Waals surface area contributed by atoms with Crippen LogP contribution in [-0.4, -0.2) is 51.4 Å². The van der Waals surface area contributed by atoms with Crippen LogP contribution in [0.25, 0.3) is 0 Å². The van der Waals surface area contributed by atoms with Crippen molar-refractivity contribution < 1.29 is 22.7 Å². The first kappa shape index (κ1) is 30.5. The van der Waals surface area contributed by atoms with Crippen molar-refractivity contribution in [3.05, 3.63) is 87.4 Å². The van der Waals surface area contributed by atoms with Crippen molar-refractivity contribution in [2.24, 2.45) is 0 Å². The highest BCUT2D eigenvalue weighted by Gasteiger charge is 2.32. The molecule has 0 aliphatic carbocycles. The van der Waals surface area contributed by atoms with Crippen LogP contribution in [0.4, 0.5) is 5.69 Å². The van der Waals surface area contributed by atoms with Gasteiger partial charge in [-0.3, -0.25) is 13.9 Å². The molecule has 3 rings (SSSR count). The molecule has 39 heavy (non-hydrogen) atoms. The van der Waals surface area contributed by atoms with Gasteiger partial charge in [0.25, 0.3) is 10.0 Å². The molecular weight excluding hydrogens is 606 g/mol. The largest absolute Gasteiger partial charge is 0.496 e. The van der Waals surface area contributed by atoms with Crippen molar-refractivity contribution in [3.63, 3.8) is 0 Å². The van der Waals surface area contributed by atoms with Crippen LogP contribution in [0.1, 0.15) is 25.0 Å². The lowest BCUT2D eigenvalue weighted by molar-refractivity contribution is -0.139. The molecule has 0 saturated carbocycles. The lowest BCUT2D eigenvalue weighted by Crippen LogP contribution is -2.51. The van der Waals surface area contributed by atoms with Crippen LogP contribution in [-0.2, 0) is 26.2 Å². The summed E-state index contributed by atoms with van der Waals surface area (Å²) in [6.07, 6.45) is 0. The minimum Gasteiger partial charge on any atom is -0.496 e. The second kappa shape index (κ2) is 13.3. The van der Waals surface area contributed by atoms with E-state index in [0.29, 0.717) is 27.5 Å². The number of carbonyl (C=O) groups is 2. The summed E-state index contributed by atoms with van der Waals surface area (Å²) in [7, 11) is -2.71. The minimum absolute atomic E-state index is 0.0235. The van der Waals surface area contributed by atoms with Crippen molar-refractivity contribution in [2.45, 2.75) is 38.3 Å². The second-order valence-electron chi connectivity index (χ2n) is 8.86. The van der Waals surface area contributed by atoms with Gasteiger partial charge in [-0.2, -0.15) is 0 Å². The Hall–Kier alpha value is -3.08. The lowest BCUT2D eigenvalue weighted by atomic mass is 10.1. The van der Waals surface area contributed by atoms with E-state index in [-0.39, 0.29) is 17.3 Å². The summed E-state index contributed by atoms with van der Waals surface area (Å²) in [5.74, 6) is -0.416. The molecule has 1 atom stereocenters. The number of anilines is 1. The summed E-state index contributed by atoms with van der Waals surface area (Å²) in [6, 6.07) is 17.3. The van der Waals surface area contributed by atoms with Crippen molar-refractivity contribution in [2.75, 3.05) is 24.5 Å². The molecule has 8 nitrogen and oxygen atoms in total. The first-order valence-electron chi connectivity index (χ1n) is 12.2. The Kier molecular flexibility index (Phi) is 10.4. The fourth-order valence-electron chi connectivity index (χ4n) is 3.87. The van der Waals surface area contributed by atoms with Crippen molar-refractivity contribution in [1.82, 2.24) is 10.2 Å². The highest BCUT2D eigenvalue weighted by Crippen LogP contribution is 2.31. The van der Waals surface area contributed by atoms with Crippen LogP contribution < -0.4 is 14.4 Å². The van der Waals surface area contributed by atoms with Crippen molar-refractivity contribution in [1.29, 1.82) is 0 Å². The lowest BCUT2D eigenvalue weighted by Gasteiger charge is -2.32. The van der Waals surface area contributed by atoms with E-state index in [2.05, 4.69) is 21.2 Å². The highest BCUT2D eigenvalue weighted by atomic mass is 79.9. The van der Waals surface area contributed by atoms with Crippen LogP contribution in [0.3, 0.4) is 0 Å². The molecule has 0 bridgehead atoms. The van der Waals surface area contributed by atoms with E-state index in [1.807, 2.05) is 6.92 Å². The number of ether oxygens (including phenoxy) is 1. The first-order chi connectivity index (χ1) is 18.5. The second-order valence-corrected chi connectivity index (χ2v) is 12.0. The molecule has 0 fully saturated rings. The van der Waals surface area contributed by atoms with Crippen molar-refractivity contribution in [3.8, 4) is 5.75 Å². The van der Waals surface area contributed by atoms with Crippen molar-refractivity contribution >= 4 is 55.1 Å². The molecule has 11 heteroatoms. The van der Waals surface area contributed by atoms with E-state index in [4.69, 9.17) is 16.3 Å². The van der Waals surface area contributed by atoms with Gasteiger partial charge in [-0.15, -0.1) is 0 Å². The Morgan fingerprint density at radius 3 is 2.26 bits per heavy atom. The number of hydrogen-bond donors (Lipinski definition) is 1. The zero-order valence-electron chi connectivity index (χ0n) is 22.1.